The van der Waals surface area contributed by atoms with Crippen LogP contribution in [0.3, 0.4) is 0 Å². The topological polar surface area (TPSA) is 122 Å². The first-order chi connectivity index (χ1) is 18.7. The third kappa shape index (κ3) is 9.21. The lowest BCUT2D eigenvalue weighted by molar-refractivity contribution is -0.131. The van der Waals surface area contributed by atoms with Gasteiger partial charge in [0, 0.05) is 40.0 Å². The van der Waals surface area contributed by atoms with Gasteiger partial charge in [0.1, 0.15) is 23.0 Å². The number of carbonyl (C=O) groups is 5. The van der Waals surface area contributed by atoms with E-state index in [9.17, 15) is 24.0 Å². The minimum absolute atomic E-state index is 0.0200. The van der Waals surface area contributed by atoms with Crippen LogP contribution in [0.4, 0.5) is 0 Å². The molecule has 0 heterocycles. The molecule has 2 aromatic carbocycles. The van der Waals surface area contributed by atoms with E-state index in [1.165, 1.54) is 76.2 Å². The van der Waals surface area contributed by atoms with Crippen molar-refractivity contribution in [2.24, 2.45) is 0 Å². The van der Waals surface area contributed by atoms with Crippen LogP contribution in [-0.2, 0) is 19.2 Å². The third-order valence-electron chi connectivity index (χ3n) is 4.73. The van der Waals surface area contributed by atoms with E-state index in [1.54, 1.807) is 0 Å². The van der Waals surface area contributed by atoms with Gasteiger partial charge in [-0.1, -0.05) is 32.4 Å². The lowest BCUT2D eigenvalue weighted by Crippen LogP contribution is -2.11. The van der Waals surface area contributed by atoms with Gasteiger partial charge in [0.15, 0.2) is 5.78 Å². The summed E-state index contributed by atoms with van der Waals surface area (Å²) >= 11 is 0. The lowest BCUT2D eigenvalue weighted by Gasteiger charge is -2.10. The molecule has 0 spiro atoms. The molecule has 9 heteroatoms. The molecule has 0 aromatic heterocycles. The molecule has 0 aliphatic rings. The van der Waals surface area contributed by atoms with Gasteiger partial charge in [-0.3, -0.25) is 4.79 Å². The molecule has 0 unspecified atom stereocenters. The molecule has 206 valence electrons. The molecule has 0 aliphatic heterocycles. The van der Waals surface area contributed by atoms with Gasteiger partial charge in [-0.15, -0.1) is 0 Å². The zero-order valence-electron chi connectivity index (χ0n) is 22.6. The molecule has 0 aliphatic carbocycles. The largest absolute Gasteiger partial charge is 0.423 e. The Morgan fingerprint density at radius 3 is 1.12 bits per heavy atom. The van der Waals surface area contributed by atoms with Gasteiger partial charge in [0.05, 0.1) is 0 Å². The van der Waals surface area contributed by atoms with E-state index in [-0.39, 0.29) is 50.9 Å². The van der Waals surface area contributed by atoms with Gasteiger partial charge in [0.2, 0.25) is 0 Å². The number of allylic oxidation sites excluding steroid dienone is 1. The molecule has 40 heavy (non-hydrogen) atoms. The molecule has 2 aromatic rings. The van der Waals surface area contributed by atoms with E-state index >= 15 is 0 Å². The zero-order valence-corrected chi connectivity index (χ0v) is 22.6. The summed E-state index contributed by atoms with van der Waals surface area (Å²) < 4.78 is 20.9. The van der Waals surface area contributed by atoms with Crippen LogP contribution in [0, 0.1) is 0 Å². The molecule has 0 bridgehead atoms. The van der Waals surface area contributed by atoms with E-state index in [1.807, 2.05) is 0 Å². The number of benzene rings is 2. The number of ketones is 1. The summed E-state index contributed by atoms with van der Waals surface area (Å²) in [5.74, 6) is -3.49. The summed E-state index contributed by atoms with van der Waals surface area (Å²) in [4.78, 5) is 61.1. The van der Waals surface area contributed by atoms with Crippen molar-refractivity contribution < 1.29 is 42.9 Å². The molecule has 2 rings (SSSR count). The Morgan fingerprint density at radius 2 is 0.825 bits per heavy atom. The minimum atomic E-state index is -0.740. The minimum Gasteiger partial charge on any atom is -0.423 e. The Morgan fingerprint density at radius 1 is 0.525 bits per heavy atom. The Hall–Kier alpha value is -5.31. The van der Waals surface area contributed by atoms with Crippen LogP contribution in [0.1, 0.15) is 43.6 Å². The van der Waals surface area contributed by atoms with Gasteiger partial charge in [-0.25, -0.2) is 19.2 Å². The summed E-state index contributed by atoms with van der Waals surface area (Å²) in [5, 5.41) is 0. The summed E-state index contributed by atoms with van der Waals surface area (Å²) in [5.41, 5.74) is 0.884. The highest BCUT2D eigenvalue weighted by Crippen LogP contribution is 2.27. The van der Waals surface area contributed by atoms with Crippen LogP contribution >= 0.6 is 0 Å². The monoisotopic (exact) mass is 544 g/mol. The van der Waals surface area contributed by atoms with E-state index in [0.29, 0.717) is 5.56 Å². The molecule has 9 nitrogen and oxygen atoms in total. The highest BCUT2D eigenvalue weighted by molar-refractivity contribution is 6.07. The van der Waals surface area contributed by atoms with Crippen LogP contribution in [0.5, 0.6) is 23.0 Å². The van der Waals surface area contributed by atoms with E-state index < -0.39 is 29.7 Å². The highest BCUT2D eigenvalue weighted by Gasteiger charge is 2.15. The van der Waals surface area contributed by atoms with Crippen LogP contribution < -0.4 is 18.9 Å². The number of rotatable bonds is 11. The Kier molecular flexibility index (Phi) is 10.4. The van der Waals surface area contributed by atoms with Crippen LogP contribution in [-0.4, -0.2) is 29.7 Å². The number of carbonyl (C=O) groups excluding carboxylic acids is 5. The van der Waals surface area contributed by atoms with Gasteiger partial charge in [0.25, 0.3) is 0 Å². The second kappa shape index (κ2) is 13.5. The van der Waals surface area contributed by atoms with Gasteiger partial charge < -0.3 is 18.9 Å². The third-order valence-corrected chi connectivity index (χ3v) is 4.73. The fourth-order valence-electron chi connectivity index (χ4n) is 2.68. The fraction of sp³-hybridized carbons (Fsp3) is 0.129. The molecule has 0 radical (unpaired) electrons. The Balaban J connectivity index is 2.47. The first kappa shape index (κ1) is 30.9. The average Bonchev–Trinajstić information content (AvgIpc) is 2.86. The van der Waals surface area contributed by atoms with Gasteiger partial charge in [-0.05, 0) is 63.6 Å². The summed E-state index contributed by atoms with van der Waals surface area (Å²) in [6.45, 7) is 19.9. The molecular formula is C31H28O9. The number of esters is 4. The second-order valence-corrected chi connectivity index (χ2v) is 8.81. The molecular weight excluding hydrogens is 516 g/mol. The Labute approximate surface area is 231 Å². The van der Waals surface area contributed by atoms with E-state index in [2.05, 4.69) is 26.3 Å². The SMILES string of the molecule is C=C(C)C(=O)Oc1cc(/C=C/C(=O)c2cc(OC(=O)C(=C)C)cc(OC(=O)C(=C)C)c2)cc(OC(=O)C(=C)C)c1. The maximum absolute atomic E-state index is 13.1. The van der Waals surface area contributed by atoms with Crippen molar-refractivity contribution in [3.63, 3.8) is 0 Å². The van der Waals surface area contributed by atoms with E-state index in [4.69, 9.17) is 18.9 Å². The number of hydrogen-bond acceptors (Lipinski definition) is 9. The molecule has 0 atom stereocenters. The quantitative estimate of drug-likeness (QED) is 0.156. The maximum Gasteiger partial charge on any atom is 0.338 e. The molecule has 0 saturated heterocycles. The lowest BCUT2D eigenvalue weighted by atomic mass is 10.1. The average molecular weight is 545 g/mol. The van der Waals surface area contributed by atoms with Crippen molar-refractivity contribution in [1.82, 2.24) is 0 Å². The van der Waals surface area contributed by atoms with Crippen molar-refractivity contribution in [2.75, 3.05) is 0 Å². The summed E-state index contributed by atoms with van der Waals surface area (Å²) in [6, 6.07) is 8.04. The molecule has 0 amide bonds. The maximum atomic E-state index is 13.1. The standard InChI is InChI=1S/C31H28O9/c1-17(2)28(33)37-23-11-21(12-24(15-23)38-29(34)18(3)4)9-10-27(32)22-13-25(39-30(35)19(5)6)16-26(14-22)40-31(36)20(7)8/h9-16H,1,3,5,7H2,2,4,6,8H3/b10-9+. The van der Waals surface area contributed by atoms with Crippen molar-refractivity contribution in [2.45, 2.75) is 27.7 Å². The predicted octanol–water partition coefficient (Wildman–Crippen LogP) is 5.51. The smallest absolute Gasteiger partial charge is 0.338 e. The van der Waals surface area contributed by atoms with Crippen LogP contribution in [0.15, 0.2) is 91.1 Å². The van der Waals surface area contributed by atoms with Crippen molar-refractivity contribution in [3.8, 4) is 23.0 Å². The van der Waals surface area contributed by atoms with Gasteiger partial charge in [-0.2, -0.15) is 0 Å². The molecule has 0 N–H and O–H groups in total. The normalized spacial score (nSPS) is 10.3. The molecule has 0 fully saturated rings. The Bertz CT molecular complexity index is 1400. The summed E-state index contributed by atoms with van der Waals surface area (Å²) in [7, 11) is 0. The second-order valence-electron chi connectivity index (χ2n) is 8.81. The summed E-state index contributed by atoms with van der Waals surface area (Å²) in [6.07, 6.45) is 2.55. The highest BCUT2D eigenvalue weighted by atomic mass is 16.6. The van der Waals surface area contributed by atoms with Crippen molar-refractivity contribution in [1.29, 1.82) is 0 Å². The predicted molar refractivity (Wildman–Crippen MR) is 148 cm³/mol. The fourth-order valence-corrected chi connectivity index (χ4v) is 2.68. The van der Waals surface area contributed by atoms with Gasteiger partial charge >= 0.3 is 23.9 Å². The first-order valence-corrected chi connectivity index (χ1v) is 11.7. The number of ether oxygens (including phenoxy) is 4. The van der Waals surface area contributed by atoms with Crippen molar-refractivity contribution in [3.05, 3.63) is 102 Å². The zero-order chi connectivity index (χ0) is 30.1. The van der Waals surface area contributed by atoms with Crippen LogP contribution in [0.2, 0.25) is 0 Å². The van der Waals surface area contributed by atoms with Crippen molar-refractivity contribution >= 4 is 35.7 Å². The molecule has 0 saturated carbocycles. The van der Waals surface area contributed by atoms with Crippen LogP contribution in [0.25, 0.3) is 6.08 Å². The van der Waals surface area contributed by atoms with E-state index in [0.717, 1.165) is 0 Å². The number of hydrogen-bond donors (Lipinski definition) is 0. The first-order valence-electron chi connectivity index (χ1n) is 11.7.